The van der Waals surface area contributed by atoms with Crippen molar-refractivity contribution in [2.24, 2.45) is 121 Å². The van der Waals surface area contributed by atoms with Crippen LogP contribution in [0.3, 0.4) is 0 Å². The van der Waals surface area contributed by atoms with E-state index < -0.39 is 26.5 Å². The first kappa shape index (κ1) is 79.6. The zero-order chi connectivity index (χ0) is 74.5. The normalized spacial score (nSPS) is 47.1. The van der Waals surface area contributed by atoms with Crippen molar-refractivity contribution in [3.05, 3.63) is 0 Å². The second-order valence-corrected chi connectivity index (χ2v) is 42.6. The van der Waals surface area contributed by atoms with E-state index in [1.165, 1.54) is 38.5 Å². The molecule has 0 aromatic heterocycles. The van der Waals surface area contributed by atoms with Crippen LogP contribution in [0.5, 0.6) is 0 Å². The van der Waals surface area contributed by atoms with Crippen LogP contribution in [0.15, 0.2) is 0 Å². The summed E-state index contributed by atoms with van der Waals surface area (Å²) in [6.45, 7) is 27.9. The van der Waals surface area contributed by atoms with Crippen LogP contribution in [0.4, 0.5) is 0 Å². The van der Waals surface area contributed by atoms with Gasteiger partial charge in [0.05, 0.1) is 36.4 Å². The monoisotopic (exact) mass is 1470 g/mol. The van der Waals surface area contributed by atoms with Crippen LogP contribution in [0, 0.1) is 121 Å². The first-order chi connectivity index (χ1) is 49.1. The van der Waals surface area contributed by atoms with E-state index in [9.17, 15) is 58.8 Å². The van der Waals surface area contributed by atoms with Crippen molar-refractivity contribution in [2.45, 2.75) is 252 Å². The maximum Gasteiger partial charge on any atom is 0.219 e. The Kier molecular flexibility index (Phi) is 23.2. The Hall–Kier alpha value is -2.43. The molecular formula is C85H142N6O12S. The standard InChI is InChI=1S/C29H48N2O4.C28H48N2O4S.C28H46N2O4/c1-20(33)31-15-13-30(14-16-31)19-26(34)25-7-6-23-22-5-4-21-18-27(2,35)10-11-29(21,12-17-32)24(22)8-9-28(23,25)3;1-26(33)11-12-28(19-31)20(17-26)5-6-21-22-7-8-24(27(22,2)10-9-23(21)28)25(32)18-29-13-15-30(16-14-29)35(3,4)34;1-19(32)30-14-12-29(13-15-30)17-25(33)24-7-6-22-21-5-4-20-16-26(2,34)10-11-28(20,18-31)23(21)8-9-27(22,24)3/h21-25,32,35H,4-19H2,1-3H3;20-24,31,33H,3,5-19H2,1-2,4H3;20-24,31,34H,4-18H2,1-3H3/t21-,22-,23-,24-,25+,27+,28-,29+;20-,21-,22-,23-,24+,26+,27-,28+,35?;20-,21-,22-,23-,24+,26+,27-,28+/m000/s1. The summed E-state index contributed by atoms with van der Waals surface area (Å²) < 4.78 is 14.2. The summed E-state index contributed by atoms with van der Waals surface area (Å²) in [4.78, 5) is 74.7. The number of hydrogen-bond acceptors (Lipinski definition) is 15. The summed E-state index contributed by atoms with van der Waals surface area (Å²) in [5.41, 5.74) is -1.33. The van der Waals surface area contributed by atoms with Crippen molar-refractivity contribution in [1.29, 1.82) is 0 Å². The molecule has 104 heavy (non-hydrogen) atoms. The second kappa shape index (κ2) is 30.2. The third kappa shape index (κ3) is 14.8. The molecule has 6 N–H and O–H groups in total. The maximum atomic E-state index is 13.6. The molecule has 12 saturated carbocycles. The topological polar surface area (TPSA) is 243 Å². The van der Waals surface area contributed by atoms with E-state index in [1.54, 1.807) is 20.1 Å². The van der Waals surface area contributed by atoms with Gasteiger partial charge >= 0.3 is 0 Å². The quantitative estimate of drug-likeness (QED) is 0.0888. The molecule has 0 aromatic rings. The Morgan fingerprint density at radius 3 is 0.981 bits per heavy atom. The Bertz CT molecular complexity index is 3210. The minimum Gasteiger partial charge on any atom is -0.396 e. The largest absolute Gasteiger partial charge is 0.396 e. The number of fused-ring (bicyclic) bond motifs is 15. The minimum atomic E-state index is -2.16. The van der Waals surface area contributed by atoms with Gasteiger partial charge in [-0.3, -0.25) is 42.9 Å². The number of carbonyl (C=O) groups is 5. The highest BCUT2D eigenvalue weighted by Gasteiger charge is 2.67. The smallest absolute Gasteiger partial charge is 0.219 e. The summed E-state index contributed by atoms with van der Waals surface area (Å²) in [5, 5.41) is 63.8. The molecule has 19 heteroatoms. The minimum absolute atomic E-state index is 0.0228. The van der Waals surface area contributed by atoms with Crippen LogP contribution < -0.4 is 0 Å². The van der Waals surface area contributed by atoms with E-state index in [0.717, 1.165) is 220 Å². The van der Waals surface area contributed by atoms with Gasteiger partial charge in [0.25, 0.3) is 0 Å². The number of rotatable bonds is 14. The fraction of sp³-hybridized carbons (Fsp3) is 0.929. The molecule has 15 rings (SSSR count). The van der Waals surface area contributed by atoms with Gasteiger partial charge in [-0.05, 0) is 310 Å². The summed E-state index contributed by atoms with van der Waals surface area (Å²) in [6, 6.07) is 0. The lowest BCUT2D eigenvalue weighted by atomic mass is 9.42. The first-order valence-electron chi connectivity index (χ1n) is 42.4. The number of Topliss-reactive ketones (excluding diaryl/α,β-unsaturated/α-hetero) is 3. The van der Waals surface area contributed by atoms with Gasteiger partial charge in [-0.2, -0.15) is 0 Å². The van der Waals surface area contributed by atoms with Gasteiger partial charge in [0.2, 0.25) is 11.8 Å². The summed E-state index contributed by atoms with van der Waals surface area (Å²) in [7, 11) is -2.16. The van der Waals surface area contributed by atoms with Crippen molar-refractivity contribution in [1.82, 2.24) is 28.8 Å². The molecule has 0 radical (unpaired) electrons. The molecule has 2 amide bonds. The molecule has 0 bridgehead atoms. The highest BCUT2D eigenvalue weighted by atomic mass is 32.2. The van der Waals surface area contributed by atoms with Gasteiger partial charge in [0.15, 0.2) is 0 Å². The molecule has 18 nitrogen and oxygen atoms in total. The van der Waals surface area contributed by atoms with Gasteiger partial charge in [-0.25, -0.2) is 4.31 Å². The van der Waals surface area contributed by atoms with Crippen LogP contribution in [0.1, 0.15) is 235 Å². The number of aliphatic hydroxyl groups is 6. The van der Waals surface area contributed by atoms with Crippen molar-refractivity contribution in [2.75, 3.05) is 124 Å². The molecule has 3 heterocycles. The number of amides is 2. The van der Waals surface area contributed by atoms with Crippen LogP contribution in [-0.4, -0.2) is 240 Å². The highest BCUT2D eigenvalue weighted by Crippen LogP contribution is 2.72. The number of nitrogens with zero attached hydrogens (tertiary/aromatic N) is 6. The lowest BCUT2D eigenvalue weighted by Gasteiger charge is -2.63. The van der Waals surface area contributed by atoms with E-state index in [2.05, 4.69) is 41.3 Å². The van der Waals surface area contributed by atoms with Gasteiger partial charge in [0.1, 0.15) is 17.3 Å². The molecule has 1 unspecified atom stereocenters. The van der Waals surface area contributed by atoms with Gasteiger partial charge in [-0.15, -0.1) is 0 Å². The molecule has 15 fully saturated rings. The Morgan fingerprint density at radius 2 is 0.683 bits per heavy atom. The van der Waals surface area contributed by atoms with Gasteiger partial charge in [0, 0.05) is 146 Å². The Morgan fingerprint density at radius 1 is 0.385 bits per heavy atom. The van der Waals surface area contributed by atoms with E-state index in [-0.39, 0.29) is 81.9 Å². The molecule has 0 aromatic carbocycles. The Labute approximate surface area is 626 Å². The second-order valence-electron chi connectivity index (χ2n) is 40.2. The maximum absolute atomic E-state index is 13.6. The van der Waals surface area contributed by atoms with Crippen molar-refractivity contribution < 1.29 is 58.8 Å². The summed E-state index contributed by atoms with van der Waals surface area (Å²) in [6.07, 6.45) is 30.8. The average Bonchev–Trinajstić information content (AvgIpc) is 1.52. The predicted molar refractivity (Wildman–Crippen MR) is 408 cm³/mol. The predicted octanol–water partition coefficient (Wildman–Crippen LogP) is 9.41. The summed E-state index contributed by atoms with van der Waals surface area (Å²) in [5.74, 6) is 12.5. The number of ketones is 3. The molecule has 0 spiro atoms. The third-order valence-corrected chi connectivity index (χ3v) is 36.4. The zero-order valence-corrected chi connectivity index (χ0v) is 66.9. The van der Waals surface area contributed by atoms with E-state index in [1.807, 2.05) is 34.9 Å². The number of hydrogen-bond donors (Lipinski definition) is 6. The van der Waals surface area contributed by atoms with E-state index >= 15 is 0 Å². The lowest BCUT2D eigenvalue weighted by molar-refractivity contribution is -0.171. The van der Waals surface area contributed by atoms with E-state index in [0.29, 0.717) is 108 Å². The van der Waals surface area contributed by atoms with Gasteiger partial charge in [-0.1, -0.05) is 20.8 Å². The van der Waals surface area contributed by atoms with Crippen LogP contribution >= 0.6 is 0 Å². The number of piperazine rings is 3. The average molecular weight is 1470 g/mol. The van der Waals surface area contributed by atoms with Crippen molar-refractivity contribution in [3.63, 3.8) is 0 Å². The summed E-state index contributed by atoms with van der Waals surface area (Å²) >= 11 is 0. The molecule has 3 saturated heterocycles. The lowest BCUT2D eigenvalue weighted by Crippen LogP contribution is -2.58. The van der Waals surface area contributed by atoms with Crippen LogP contribution in [-0.2, 0) is 33.7 Å². The van der Waals surface area contributed by atoms with Crippen molar-refractivity contribution >= 4 is 44.7 Å². The molecule has 590 valence electrons. The molecule has 12 aliphatic carbocycles. The number of carbonyl (C=O) groups excluding carboxylic acids is 5. The van der Waals surface area contributed by atoms with E-state index in [4.69, 9.17) is 0 Å². The molecular weight excluding hydrogens is 1330 g/mol. The third-order valence-electron chi connectivity index (χ3n) is 34.9. The highest BCUT2D eigenvalue weighted by molar-refractivity contribution is 7.97. The molecule has 3 aliphatic heterocycles. The Balaban J connectivity index is 0.000000139. The van der Waals surface area contributed by atoms with Crippen LogP contribution in [0.25, 0.3) is 0 Å². The number of aliphatic hydroxyl groups excluding tert-OH is 3. The zero-order valence-electron chi connectivity index (χ0n) is 66.1. The fourth-order valence-electron chi connectivity index (χ4n) is 29.3. The fourth-order valence-corrected chi connectivity index (χ4v) is 30.3. The van der Waals surface area contributed by atoms with Crippen molar-refractivity contribution in [3.8, 4) is 0 Å². The van der Waals surface area contributed by atoms with Crippen LogP contribution in [0.2, 0.25) is 0 Å². The molecule has 25 atom stereocenters. The van der Waals surface area contributed by atoms with Gasteiger partial charge < -0.3 is 40.4 Å². The molecule has 15 aliphatic rings. The SMILES string of the molecule is C=S(C)(=O)N1CCN(CC(=O)[C@H]2CC[C@H]3[C@@H]4CC[C@H]5C[C@](C)(O)CC[C@]5(CO)[C@H]4CC[C@]23C)CC1.CC(=O)N1CCN(CC(=O)[C@H]2CC[C@H]3[C@@H]4CC[C@H]5C[C@](C)(O)CC[C@]5(CCO)[C@H]4CC[C@]23C)CC1.CC(=O)N1CCN(CC(=O)[C@H]2CC[C@H]3[C@@H]4CC[C@H]5C[C@](C)(O)CC[C@]5(CO)[C@H]4CC[C@]23C)CC1. The first-order valence-corrected chi connectivity index (χ1v) is 44.5.